The molecule has 2 aliphatic rings. The van der Waals surface area contributed by atoms with Crippen molar-refractivity contribution in [2.75, 3.05) is 39.4 Å². The van der Waals surface area contributed by atoms with Crippen molar-refractivity contribution >= 4 is 63.5 Å². The fourth-order valence-corrected chi connectivity index (χ4v) is 4.13. The third-order valence-electron chi connectivity index (χ3n) is 3.86. The van der Waals surface area contributed by atoms with E-state index in [1.807, 2.05) is 6.07 Å². The third kappa shape index (κ3) is 4.31. The molecule has 0 N–H and O–H groups in total. The number of rotatable bonds is 4. The van der Waals surface area contributed by atoms with Crippen LogP contribution in [-0.2, 0) is 9.53 Å². The zero-order chi connectivity index (χ0) is 17.1. The molecule has 0 aliphatic carbocycles. The van der Waals surface area contributed by atoms with Crippen molar-refractivity contribution in [2.45, 2.75) is 0 Å². The van der Waals surface area contributed by atoms with Crippen LogP contribution in [0.5, 0.6) is 0 Å². The number of benzene rings is 1. The van der Waals surface area contributed by atoms with Gasteiger partial charge in [0.15, 0.2) is 0 Å². The minimum atomic E-state index is -0.0515. The number of carbonyl (C=O) groups is 1. The molecule has 2 aliphatic heterocycles. The van der Waals surface area contributed by atoms with Gasteiger partial charge in [0.25, 0.3) is 5.91 Å². The number of halogens is 2. The van der Waals surface area contributed by atoms with Crippen molar-refractivity contribution in [2.24, 2.45) is 0 Å². The summed E-state index contributed by atoms with van der Waals surface area (Å²) in [6.07, 6.45) is 1.80. The summed E-state index contributed by atoms with van der Waals surface area (Å²) in [6.45, 7) is 4.69. The van der Waals surface area contributed by atoms with Crippen LogP contribution in [-0.4, -0.2) is 59.4 Å². The SMILES string of the molecule is O=C1/C(=C/c2ccc(Cl)c(Cl)c2)SC(=S)N1CCN1CCOCC1. The third-order valence-corrected chi connectivity index (χ3v) is 5.98. The summed E-state index contributed by atoms with van der Waals surface area (Å²) in [5.74, 6) is -0.0515. The van der Waals surface area contributed by atoms with Crippen LogP contribution >= 0.6 is 47.2 Å². The Kier molecular flexibility index (Phi) is 6.18. The maximum Gasteiger partial charge on any atom is 0.266 e. The Morgan fingerprint density at radius 3 is 2.67 bits per heavy atom. The van der Waals surface area contributed by atoms with E-state index < -0.39 is 0 Å². The number of hydrogen-bond donors (Lipinski definition) is 0. The van der Waals surface area contributed by atoms with E-state index in [4.69, 9.17) is 40.2 Å². The van der Waals surface area contributed by atoms with Gasteiger partial charge in [0.2, 0.25) is 0 Å². The molecule has 0 saturated carbocycles. The van der Waals surface area contributed by atoms with Crippen LogP contribution in [0.3, 0.4) is 0 Å². The van der Waals surface area contributed by atoms with Crippen LogP contribution in [0.4, 0.5) is 0 Å². The molecule has 0 atom stereocenters. The van der Waals surface area contributed by atoms with Crippen molar-refractivity contribution in [1.29, 1.82) is 0 Å². The van der Waals surface area contributed by atoms with Gasteiger partial charge in [-0.15, -0.1) is 0 Å². The fourth-order valence-electron chi connectivity index (χ4n) is 2.51. The minimum Gasteiger partial charge on any atom is -0.379 e. The Balaban J connectivity index is 1.66. The average molecular weight is 403 g/mol. The second-order valence-electron chi connectivity index (χ2n) is 5.46. The molecule has 2 fully saturated rings. The van der Waals surface area contributed by atoms with Crippen LogP contribution in [0.25, 0.3) is 6.08 Å². The molecule has 24 heavy (non-hydrogen) atoms. The Morgan fingerprint density at radius 1 is 1.21 bits per heavy atom. The molecule has 1 aromatic rings. The van der Waals surface area contributed by atoms with Crippen molar-refractivity contribution in [3.05, 3.63) is 38.7 Å². The zero-order valence-electron chi connectivity index (χ0n) is 12.8. The molecule has 1 aromatic carbocycles. The minimum absolute atomic E-state index is 0.0515. The maximum absolute atomic E-state index is 12.6. The Hall–Kier alpha value is -0.630. The summed E-state index contributed by atoms with van der Waals surface area (Å²) < 4.78 is 5.93. The van der Waals surface area contributed by atoms with E-state index in [1.54, 1.807) is 23.1 Å². The second kappa shape index (κ2) is 8.17. The summed E-state index contributed by atoms with van der Waals surface area (Å²) in [5.41, 5.74) is 0.832. The first-order valence-corrected chi connectivity index (χ1v) is 9.53. The molecular formula is C16H16Cl2N2O2S2. The fraction of sp³-hybridized carbons (Fsp3) is 0.375. The quantitative estimate of drug-likeness (QED) is 0.568. The van der Waals surface area contributed by atoms with Gasteiger partial charge in [-0.1, -0.05) is 53.2 Å². The van der Waals surface area contributed by atoms with Gasteiger partial charge >= 0.3 is 0 Å². The van der Waals surface area contributed by atoms with Gasteiger partial charge in [0.1, 0.15) is 4.32 Å². The topological polar surface area (TPSA) is 32.8 Å². The number of carbonyl (C=O) groups excluding carboxylic acids is 1. The van der Waals surface area contributed by atoms with Gasteiger partial charge in [-0.25, -0.2) is 0 Å². The van der Waals surface area contributed by atoms with E-state index in [-0.39, 0.29) is 5.91 Å². The van der Waals surface area contributed by atoms with Crippen molar-refractivity contribution in [1.82, 2.24) is 9.80 Å². The number of thiocarbonyl (C=S) groups is 1. The molecular weight excluding hydrogens is 387 g/mol. The predicted molar refractivity (Wildman–Crippen MR) is 104 cm³/mol. The van der Waals surface area contributed by atoms with Crippen molar-refractivity contribution < 1.29 is 9.53 Å². The van der Waals surface area contributed by atoms with E-state index in [0.29, 0.717) is 25.8 Å². The molecule has 0 spiro atoms. The molecule has 2 saturated heterocycles. The lowest BCUT2D eigenvalue weighted by Crippen LogP contribution is -2.42. The molecule has 128 valence electrons. The van der Waals surface area contributed by atoms with Crippen LogP contribution in [0.1, 0.15) is 5.56 Å². The van der Waals surface area contributed by atoms with Gasteiger partial charge in [0.05, 0.1) is 28.2 Å². The lowest BCUT2D eigenvalue weighted by molar-refractivity contribution is -0.122. The van der Waals surface area contributed by atoms with Crippen LogP contribution in [0, 0.1) is 0 Å². The molecule has 2 heterocycles. The van der Waals surface area contributed by atoms with Crippen molar-refractivity contribution in [3.8, 4) is 0 Å². The lowest BCUT2D eigenvalue weighted by Gasteiger charge is -2.28. The summed E-state index contributed by atoms with van der Waals surface area (Å²) in [7, 11) is 0. The molecule has 8 heteroatoms. The monoisotopic (exact) mass is 402 g/mol. The summed E-state index contributed by atoms with van der Waals surface area (Å²) in [6, 6.07) is 5.29. The number of nitrogens with zero attached hydrogens (tertiary/aromatic N) is 2. The predicted octanol–water partition coefficient (Wildman–Crippen LogP) is 3.53. The molecule has 4 nitrogen and oxygen atoms in total. The zero-order valence-corrected chi connectivity index (χ0v) is 16.0. The molecule has 1 amide bonds. The molecule has 0 unspecified atom stereocenters. The average Bonchev–Trinajstić information content (AvgIpc) is 2.84. The van der Waals surface area contributed by atoms with Gasteiger partial charge in [-0.2, -0.15) is 0 Å². The first-order chi connectivity index (χ1) is 11.5. The molecule has 0 bridgehead atoms. The van der Waals surface area contributed by atoms with E-state index in [0.717, 1.165) is 38.4 Å². The summed E-state index contributed by atoms with van der Waals surface area (Å²) in [5, 5.41) is 0.958. The second-order valence-corrected chi connectivity index (χ2v) is 7.95. The van der Waals surface area contributed by atoms with Crippen LogP contribution in [0.2, 0.25) is 10.0 Å². The van der Waals surface area contributed by atoms with E-state index in [2.05, 4.69) is 4.90 Å². The van der Waals surface area contributed by atoms with Crippen LogP contribution in [0.15, 0.2) is 23.1 Å². The van der Waals surface area contributed by atoms with E-state index in [9.17, 15) is 4.79 Å². The highest BCUT2D eigenvalue weighted by Crippen LogP contribution is 2.33. The maximum atomic E-state index is 12.6. The number of ether oxygens (including phenoxy) is 1. The largest absolute Gasteiger partial charge is 0.379 e. The van der Waals surface area contributed by atoms with Crippen molar-refractivity contribution in [3.63, 3.8) is 0 Å². The van der Waals surface area contributed by atoms with E-state index in [1.165, 1.54) is 11.8 Å². The van der Waals surface area contributed by atoms with Crippen LogP contribution < -0.4 is 0 Å². The summed E-state index contributed by atoms with van der Waals surface area (Å²) >= 11 is 18.6. The Labute approximate surface area is 160 Å². The van der Waals surface area contributed by atoms with Gasteiger partial charge in [0, 0.05) is 26.2 Å². The lowest BCUT2D eigenvalue weighted by atomic mass is 10.2. The van der Waals surface area contributed by atoms with Gasteiger partial charge in [-0.05, 0) is 23.8 Å². The molecule has 0 aromatic heterocycles. The number of thioether (sulfide) groups is 1. The van der Waals surface area contributed by atoms with Gasteiger partial charge in [-0.3, -0.25) is 14.6 Å². The Morgan fingerprint density at radius 2 is 1.96 bits per heavy atom. The molecule has 0 radical (unpaired) electrons. The highest BCUT2D eigenvalue weighted by molar-refractivity contribution is 8.26. The normalized spacial score (nSPS) is 21.1. The number of hydrogen-bond acceptors (Lipinski definition) is 5. The highest BCUT2D eigenvalue weighted by Gasteiger charge is 2.32. The summed E-state index contributed by atoms with van der Waals surface area (Å²) in [4.78, 5) is 17.2. The Bertz CT molecular complexity index is 691. The van der Waals surface area contributed by atoms with E-state index >= 15 is 0 Å². The molecule has 3 rings (SSSR count). The number of amides is 1. The standard InChI is InChI=1S/C16H16Cl2N2O2S2/c17-12-2-1-11(9-13(12)18)10-14-15(21)20(16(23)24-14)4-3-19-5-7-22-8-6-19/h1-2,9-10H,3-8H2/b14-10-. The first kappa shape index (κ1) is 18.2. The first-order valence-electron chi connectivity index (χ1n) is 7.55. The van der Waals surface area contributed by atoms with Gasteiger partial charge < -0.3 is 4.74 Å². The smallest absolute Gasteiger partial charge is 0.266 e. The number of morpholine rings is 1. The highest BCUT2D eigenvalue weighted by atomic mass is 35.5.